The highest BCUT2D eigenvalue weighted by atomic mass is 32.2. The maximum Gasteiger partial charge on any atom is 0.311 e. The molecule has 156 valence electrons. The van der Waals surface area contributed by atoms with Gasteiger partial charge in [0.05, 0.1) is 40.9 Å². The average Bonchev–Trinajstić information content (AvgIpc) is 2.91. The zero-order valence-electron chi connectivity index (χ0n) is 16.6. The van der Waals surface area contributed by atoms with Crippen LogP contribution >= 0.6 is 11.8 Å². The first kappa shape index (κ1) is 21.6. The van der Waals surface area contributed by atoms with E-state index in [0.29, 0.717) is 22.8 Å². The van der Waals surface area contributed by atoms with Gasteiger partial charge in [-0.1, -0.05) is 43.0 Å². The molecule has 1 heterocycles. The second-order valence-electron chi connectivity index (χ2n) is 6.50. The van der Waals surface area contributed by atoms with E-state index in [-0.39, 0.29) is 24.0 Å². The number of thioether (sulfide) groups is 1. The number of ether oxygens (including phenoxy) is 1. The van der Waals surface area contributed by atoms with E-state index in [2.05, 4.69) is 15.6 Å². The molecule has 1 aliphatic rings. The van der Waals surface area contributed by atoms with Crippen molar-refractivity contribution in [3.8, 4) is 0 Å². The quantitative estimate of drug-likeness (QED) is 0.643. The molecule has 1 aliphatic heterocycles. The predicted molar refractivity (Wildman–Crippen MR) is 119 cm³/mol. The number of anilines is 2. The first-order chi connectivity index (χ1) is 14.5. The summed E-state index contributed by atoms with van der Waals surface area (Å²) in [5, 5.41) is 5.92. The SMILES string of the molecule is CC[C@@H](SC1=Nc2ccccc2NC(CC(=O)OC)=C1)C(=O)Nc1ccccc1F. The van der Waals surface area contributed by atoms with Gasteiger partial charge in [0.15, 0.2) is 0 Å². The molecule has 30 heavy (non-hydrogen) atoms. The van der Waals surface area contributed by atoms with Gasteiger partial charge >= 0.3 is 5.97 Å². The van der Waals surface area contributed by atoms with E-state index in [9.17, 15) is 14.0 Å². The Kier molecular flexibility index (Phi) is 7.24. The summed E-state index contributed by atoms with van der Waals surface area (Å²) < 4.78 is 18.7. The number of benzene rings is 2. The van der Waals surface area contributed by atoms with E-state index in [1.54, 1.807) is 18.2 Å². The molecule has 0 aromatic heterocycles. The number of rotatable bonds is 6. The Labute approximate surface area is 178 Å². The molecule has 2 aromatic rings. The van der Waals surface area contributed by atoms with Crippen LogP contribution in [0.3, 0.4) is 0 Å². The third-order valence-corrected chi connectivity index (χ3v) is 5.63. The summed E-state index contributed by atoms with van der Waals surface area (Å²) in [7, 11) is 1.33. The molecule has 2 N–H and O–H groups in total. The van der Waals surface area contributed by atoms with Gasteiger partial charge in [0, 0.05) is 5.70 Å². The molecule has 6 nitrogen and oxygen atoms in total. The third-order valence-electron chi connectivity index (χ3n) is 4.35. The highest BCUT2D eigenvalue weighted by Crippen LogP contribution is 2.32. The van der Waals surface area contributed by atoms with E-state index in [4.69, 9.17) is 4.74 Å². The van der Waals surface area contributed by atoms with Gasteiger partial charge in [0.25, 0.3) is 0 Å². The molecule has 1 amide bonds. The number of carbonyl (C=O) groups is 2. The molecule has 0 spiro atoms. The molecule has 0 saturated carbocycles. The summed E-state index contributed by atoms with van der Waals surface area (Å²) in [5.41, 5.74) is 2.20. The largest absolute Gasteiger partial charge is 0.469 e. The molecular weight excluding hydrogens is 405 g/mol. The maximum atomic E-state index is 13.9. The fourth-order valence-electron chi connectivity index (χ4n) is 2.81. The minimum atomic E-state index is -0.496. The number of hydrogen-bond acceptors (Lipinski definition) is 6. The lowest BCUT2D eigenvalue weighted by molar-refractivity contribution is -0.139. The number of methoxy groups -OCH3 is 1. The summed E-state index contributed by atoms with van der Waals surface area (Å²) in [5.74, 6) is -1.19. The standard InChI is InChI=1S/C22H22FN3O3S/c1-3-19(22(28)26-16-9-5-4-8-15(16)23)30-20-12-14(13-21(27)29-2)24-17-10-6-7-11-18(17)25-20/h4-12,19,24H,3,13H2,1-2H3,(H,26,28)/t19-/m1/s1. The number of aliphatic imine (C=N–C) groups is 1. The molecule has 0 aliphatic carbocycles. The summed E-state index contributed by atoms with van der Waals surface area (Å²) in [6.07, 6.45) is 2.29. The first-order valence-corrected chi connectivity index (χ1v) is 10.3. The van der Waals surface area contributed by atoms with Crippen molar-refractivity contribution in [1.82, 2.24) is 0 Å². The van der Waals surface area contributed by atoms with Crippen molar-refractivity contribution in [2.45, 2.75) is 25.0 Å². The molecule has 2 aromatic carbocycles. The number of fused-ring (bicyclic) bond motifs is 1. The van der Waals surface area contributed by atoms with Crippen molar-refractivity contribution in [2.24, 2.45) is 4.99 Å². The van der Waals surface area contributed by atoms with Crippen LogP contribution in [-0.4, -0.2) is 29.3 Å². The zero-order valence-corrected chi connectivity index (χ0v) is 17.5. The summed E-state index contributed by atoms with van der Waals surface area (Å²) in [4.78, 5) is 29.2. The number of esters is 1. The van der Waals surface area contributed by atoms with Crippen molar-refractivity contribution >= 4 is 45.7 Å². The molecule has 0 unspecified atom stereocenters. The van der Waals surface area contributed by atoms with Crippen molar-refractivity contribution in [1.29, 1.82) is 0 Å². The minimum absolute atomic E-state index is 0.0443. The highest BCUT2D eigenvalue weighted by molar-refractivity contribution is 8.15. The molecule has 3 rings (SSSR count). The van der Waals surface area contributed by atoms with Crippen molar-refractivity contribution in [3.05, 3.63) is 66.1 Å². The van der Waals surface area contributed by atoms with Gasteiger partial charge < -0.3 is 15.4 Å². The summed E-state index contributed by atoms with van der Waals surface area (Å²) in [6, 6.07) is 13.5. The average molecular weight is 428 g/mol. The van der Waals surface area contributed by atoms with Crippen molar-refractivity contribution in [2.75, 3.05) is 17.7 Å². The van der Waals surface area contributed by atoms with Crippen molar-refractivity contribution < 1.29 is 18.7 Å². The fourth-order valence-corrected chi connectivity index (χ4v) is 3.80. The van der Waals surface area contributed by atoms with Crippen LogP contribution in [0.2, 0.25) is 0 Å². The maximum absolute atomic E-state index is 13.9. The Bertz CT molecular complexity index is 1010. The Morgan fingerprint density at radius 3 is 2.67 bits per heavy atom. The molecule has 0 radical (unpaired) electrons. The second kappa shape index (κ2) is 10.1. The van der Waals surface area contributed by atoms with Crippen molar-refractivity contribution in [3.63, 3.8) is 0 Å². The van der Waals surface area contributed by atoms with Crippen LogP contribution in [0.25, 0.3) is 0 Å². The predicted octanol–water partition coefficient (Wildman–Crippen LogP) is 4.88. The highest BCUT2D eigenvalue weighted by Gasteiger charge is 2.22. The van der Waals surface area contributed by atoms with Gasteiger partial charge in [0.2, 0.25) is 5.91 Å². The second-order valence-corrected chi connectivity index (χ2v) is 7.72. The van der Waals surface area contributed by atoms with Gasteiger partial charge in [-0.25, -0.2) is 9.38 Å². The Morgan fingerprint density at radius 1 is 1.20 bits per heavy atom. The lowest BCUT2D eigenvalue weighted by atomic mass is 10.2. The summed E-state index contributed by atoms with van der Waals surface area (Å²) in [6.45, 7) is 1.88. The number of para-hydroxylation sites is 3. The minimum Gasteiger partial charge on any atom is -0.469 e. The number of nitrogens with one attached hydrogen (secondary N) is 2. The number of hydrogen-bond donors (Lipinski definition) is 2. The van der Waals surface area contributed by atoms with E-state index in [1.807, 2.05) is 31.2 Å². The van der Waals surface area contributed by atoms with Gasteiger partial charge in [0.1, 0.15) is 5.82 Å². The number of nitrogens with zero attached hydrogens (tertiary/aromatic N) is 1. The molecule has 0 saturated heterocycles. The van der Waals surface area contributed by atoms with Gasteiger partial charge in [-0.2, -0.15) is 0 Å². The van der Waals surface area contributed by atoms with Gasteiger partial charge in [-0.15, -0.1) is 0 Å². The van der Waals surface area contributed by atoms with E-state index < -0.39 is 11.1 Å². The van der Waals surface area contributed by atoms with Crippen LogP contribution in [0.15, 0.2) is 65.3 Å². The van der Waals surface area contributed by atoms with Crippen LogP contribution < -0.4 is 10.6 Å². The third kappa shape index (κ3) is 5.48. The molecule has 1 atom stereocenters. The van der Waals surface area contributed by atoms with E-state index >= 15 is 0 Å². The summed E-state index contributed by atoms with van der Waals surface area (Å²) >= 11 is 1.26. The number of amides is 1. The fraction of sp³-hybridized carbons (Fsp3) is 0.227. The monoisotopic (exact) mass is 427 g/mol. The Morgan fingerprint density at radius 2 is 1.93 bits per heavy atom. The van der Waals surface area contributed by atoms with Crippen LogP contribution in [0.5, 0.6) is 0 Å². The molecular formula is C22H22FN3O3S. The number of carbonyl (C=O) groups excluding carboxylic acids is 2. The molecule has 8 heteroatoms. The lowest BCUT2D eigenvalue weighted by Crippen LogP contribution is -2.26. The van der Waals surface area contributed by atoms with Crippen LogP contribution in [0.1, 0.15) is 19.8 Å². The first-order valence-electron chi connectivity index (χ1n) is 9.44. The lowest BCUT2D eigenvalue weighted by Gasteiger charge is -2.15. The number of halogens is 1. The topological polar surface area (TPSA) is 79.8 Å². The van der Waals surface area contributed by atoms with Crippen LogP contribution in [0.4, 0.5) is 21.5 Å². The Hall–Kier alpha value is -3.13. The Balaban J connectivity index is 1.84. The van der Waals surface area contributed by atoms with Gasteiger partial charge in [-0.05, 0) is 36.8 Å². The van der Waals surface area contributed by atoms with Crippen LogP contribution in [-0.2, 0) is 14.3 Å². The van der Waals surface area contributed by atoms with E-state index in [0.717, 1.165) is 5.69 Å². The normalized spacial score (nSPS) is 13.7. The van der Waals surface area contributed by atoms with Crippen LogP contribution in [0, 0.1) is 5.82 Å². The zero-order chi connectivity index (χ0) is 21.5. The smallest absolute Gasteiger partial charge is 0.311 e. The van der Waals surface area contributed by atoms with E-state index in [1.165, 1.54) is 31.0 Å². The van der Waals surface area contributed by atoms with Gasteiger partial charge in [-0.3, -0.25) is 9.59 Å². The molecule has 0 bridgehead atoms. The molecule has 0 fully saturated rings.